The molecule has 1 aliphatic carbocycles. The Morgan fingerprint density at radius 2 is 2.05 bits per heavy atom. The lowest BCUT2D eigenvalue weighted by Crippen LogP contribution is -2.43. The van der Waals surface area contributed by atoms with Crippen molar-refractivity contribution >= 4 is 5.91 Å². The molecule has 0 aliphatic heterocycles. The molecule has 0 saturated heterocycles. The normalized spacial score (nSPS) is 18.4. The van der Waals surface area contributed by atoms with Crippen molar-refractivity contribution in [3.8, 4) is 0 Å². The fourth-order valence-electron chi connectivity index (χ4n) is 2.64. The van der Waals surface area contributed by atoms with Gasteiger partial charge in [-0.2, -0.15) is 0 Å². The number of benzene rings is 1. The summed E-state index contributed by atoms with van der Waals surface area (Å²) in [6.45, 7) is 0.473. The number of aliphatic hydroxyl groups is 1. The SMILES string of the molecule is NCC1(CC(=O)N[C@H](CO)c2ccccc2)CCC1. The molecular formula is C15H22N2O2. The molecule has 0 spiro atoms. The molecule has 1 aliphatic rings. The van der Waals surface area contributed by atoms with Gasteiger partial charge < -0.3 is 16.2 Å². The van der Waals surface area contributed by atoms with Crippen LogP contribution in [0.5, 0.6) is 0 Å². The summed E-state index contributed by atoms with van der Waals surface area (Å²) in [6.07, 6.45) is 3.69. The van der Waals surface area contributed by atoms with Crippen molar-refractivity contribution in [1.82, 2.24) is 5.32 Å². The zero-order chi connectivity index (χ0) is 13.7. The molecule has 4 nitrogen and oxygen atoms in total. The molecule has 1 atom stereocenters. The van der Waals surface area contributed by atoms with Gasteiger partial charge >= 0.3 is 0 Å². The Labute approximate surface area is 114 Å². The average molecular weight is 262 g/mol. The van der Waals surface area contributed by atoms with E-state index in [0.29, 0.717) is 13.0 Å². The van der Waals surface area contributed by atoms with E-state index in [9.17, 15) is 9.90 Å². The second kappa shape index (κ2) is 6.17. The number of amides is 1. The van der Waals surface area contributed by atoms with Crippen LogP contribution in [0.15, 0.2) is 30.3 Å². The van der Waals surface area contributed by atoms with Crippen LogP contribution in [0.25, 0.3) is 0 Å². The third-order valence-electron chi connectivity index (χ3n) is 4.10. The molecule has 1 aromatic carbocycles. The molecule has 104 valence electrons. The van der Waals surface area contributed by atoms with Crippen LogP contribution < -0.4 is 11.1 Å². The first-order valence-corrected chi connectivity index (χ1v) is 6.84. The fraction of sp³-hybridized carbons (Fsp3) is 0.533. The van der Waals surface area contributed by atoms with E-state index < -0.39 is 0 Å². The third kappa shape index (κ3) is 3.33. The van der Waals surface area contributed by atoms with E-state index in [-0.39, 0.29) is 24.0 Å². The van der Waals surface area contributed by atoms with Crippen molar-refractivity contribution in [3.05, 3.63) is 35.9 Å². The van der Waals surface area contributed by atoms with Gasteiger partial charge in [-0.15, -0.1) is 0 Å². The topological polar surface area (TPSA) is 75.4 Å². The lowest BCUT2D eigenvalue weighted by Gasteiger charge is -2.40. The maximum atomic E-state index is 12.1. The Balaban J connectivity index is 1.93. The molecule has 1 saturated carbocycles. The van der Waals surface area contributed by atoms with Crippen molar-refractivity contribution in [3.63, 3.8) is 0 Å². The van der Waals surface area contributed by atoms with Crippen molar-refractivity contribution in [2.75, 3.05) is 13.2 Å². The van der Waals surface area contributed by atoms with E-state index in [1.807, 2.05) is 30.3 Å². The Morgan fingerprint density at radius 3 is 2.53 bits per heavy atom. The highest BCUT2D eigenvalue weighted by Crippen LogP contribution is 2.42. The van der Waals surface area contributed by atoms with Gasteiger partial charge in [0.2, 0.25) is 5.91 Å². The number of rotatable bonds is 6. The smallest absolute Gasteiger partial charge is 0.221 e. The standard InChI is InChI=1S/C15H22N2O2/c16-11-15(7-4-8-15)9-14(19)17-13(10-18)12-5-2-1-3-6-12/h1-3,5-6,13,18H,4,7-11,16H2,(H,17,19)/t13-/m1/s1. The minimum atomic E-state index is -0.330. The summed E-state index contributed by atoms with van der Waals surface area (Å²) in [4.78, 5) is 12.1. The highest BCUT2D eigenvalue weighted by Gasteiger charge is 2.37. The molecule has 1 fully saturated rings. The lowest BCUT2D eigenvalue weighted by molar-refractivity contribution is -0.125. The van der Waals surface area contributed by atoms with Crippen LogP contribution in [0.3, 0.4) is 0 Å². The van der Waals surface area contributed by atoms with Gasteiger partial charge in [-0.3, -0.25) is 4.79 Å². The molecule has 0 bridgehead atoms. The average Bonchev–Trinajstić information content (AvgIpc) is 2.41. The summed E-state index contributed by atoms with van der Waals surface area (Å²) < 4.78 is 0. The largest absolute Gasteiger partial charge is 0.394 e. The fourth-order valence-corrected chi connectivity index (χ4v) is 2.64. The summed E-state index contributed by atoms with van der Waals surface area (Å²) >= 11 is 0. The molecule has 4 N–H and O–H groups in total. The summed E-state index contributed by atoms with van der Waals surface area (Å²) in [5.74, 6) is -0.0203. The van der Waals surface area contributed by atoms with Gasteiger partial charge in [0.25, 0.3) is 0 Å². The Hall–Kier alpha value is -1.39. The number of nitrogens with one attached hydrogen (secondary N) is 1. The number of nitrogens with two attached hydrogens (primary N) is 1. The van der Waals surface area contributed by atoms with Crippen LogP contribution >= 0.6 is 0 Å². The van der Waals surface area contributed by atoms with Gasteiger partial charge in [-0.25, -0.2) is 0 Å². The quantitative estimate of drug-likeness (QED) is 0.724. The summed E-state index contributed by atoms with van der Waals surface area (Å²) in [6, 6.07) is 9.20. The van der Waals surface area contributed by atoms with Gasteiger partial charge in [-0.1, -0.05) is 36.8 Å². The van der Waals surface area contributed by atoms with E-state index in [2.05, 4.69) is 5.32 Å². The first-order valence-electron chi connectivity index (χ1n) is 6.84. The van der Waals surface area contributed by atoms with Gasteiger partial charge in [0.05, 0.1) is 12.6 Å². The molecule has 0 radical (unpaired) electrons. The summed E-state index contributed by atoms with van der Waals surface area (Å²) in [7, 11) is 0. The minimum Gasteiger partial charge on any atom is -0.394 e. The first-order chi connectivity index (χ1) is 9.19. The van der Waals surface area contributed by atoms with Crippen molar-refractivity contribution in [2.24, 2.45) is 11.1 Å². The molecule has 0 unspecified atom stereocenters. The number of hydrogen-bond acceptors (Lipinski definition) is 3. The summed E-state index contributed by atoms with van der Waals surface area (Å²) in [5, 5.41) is 12.3. The predicted octanol–water partition coefficient (Wildman–Crippen LogP) is 1.36. The predicted molar refractivity (Wildman–Crippen MR) is 74.4 cm³/mol. The van der Waals surface area contributed by atoms with Gasteiger partial charge in [0.1, 0.15) is 0 Å². The Kier molecular flexibility index (Phi) is 4.56. The molecule has 0 heterocycles. The third-order valence-corrected chi connectivity index (χ3v) is 4.10. The van der Waals surface area contributed by atoms with Gasteiger partial charge in [-0.05, 0) is 30.4 Å². The highest BCUT2D eigenvalue weighted by atomic mass is 16.3. The van der Waals surface area contributed by atoms with E-state index in [1.165, 1.54) is 0 Å². The van der Waals surface area contributed by atoms with E-state index in [4.69, 9.17) is 5.73 Å². The number of carbonyl (C=O) groups is 1. The molecule has 1 aromatic rings. The maximum Gasteiger partial charge on any atom is 0.221 e. The second-order valence-corrected chi connectivity index (χ2v) is 5.45. The van der Waals surface area contributed by atoms with E-state index in [1.54, 1.807) is 0 Å². The van der Waals surface area contributed by atoms with Crippen molar-refractivity contribution in [1.29, 1.82) is 0 Å². The molecule has 4 heteroatoms. The van der Waals surface area contributed by atoms with E-state index in [0.717, 1.165) is 24.8 Å². The number of hydrogen-bond donors (Lipinski definition) is 3. The number of aliphatic hydroxyl groups excluding tert-OH is 1. The summed E-state index contributed by atoms with van der Waals surface area (Å²) in [5.41, 5.74) is 6.69. The van der Waals surface area contributed by atoms with Crippen LogP contribution in [0, 0.1) is 5.41 Å². The first kappa shape index (κ1) is 14.0. The van der Waals surface area contributed by atoms with Crippen LogP contribution in [-0.4, -0.2) is 24.2 Å². The molecular weight excluding hydrogens is 240 g/mol. The van der Waals surface area contributed by atoms with Crippen LogP contribution in [0.2, 0.25) is 0 Å². The zero-order valence-corrected chi connectivity index (χ0v) is 11.1. The van der Waals surface area contributed by atoms with Crippen LogP contribution in [-0.2, 0) is 4.79 Å². The van der Waals surface area contributed by atoms with E-state index >= 15 is 0 Å². The van der Waals surface area contributed by atoms with Crippen LogP contribution in [0.4, 0.5) is 0 Å². The molecule has 19 heavy (non-hydrogen) atoms. The Bertz CT molecular complexity index is 410. The Morgan fingerprint density at radius 1 is 1.37 bits per heavy atom. The second-order valence-electron chi connectivity index (χ2n) is 5.45. The van der Waals surface area contributed by atoms with Gasteiger partial charge in [0.15, 0.2) is 0 Å². The molecule has 2 rings (SSSR count). The van der Waals surface area contributed by atoms with Gasteiger partial charge in [0, 0.05) is 6.42 Å². The number of carbonyl (C=O) groups excluding carboxylic acids is 1. The molecule has 1 amide bonds. The minimum absolute atomic E-state index is 0.000771. The van der Waals surface area contributed by atoms with Crippen LogP contribution in [0.1, 0.15) is 37.3 Å². The zero-order valence-electron chi connectivity index (χ0n) is 11.1. The maximum absolute atomic E-state index is 12.1. The monoisotopic (exact) mass is 262 g/mol. The highest BCUT2D eigenvalue weighted by molar-refractivity contribution is 5.77. The van der Waals surface area contributed by atoms with Crippen molar-refractivity contribution < 1.29 is 9.90 Å². The van der Waals surface area contributed by atoms with Crippen molar-refractivity contribution in [2.45, 2.75) is 31.7 Å². The lowest BCUT2D eigenvalue weighted by atomic mass is 9.66. The molecule has 0 aromatic heterocycles.